The van der Waals surface area contributed by atoms with E-state index in [1.54, 1.807) is 0 Å². The number of unbranched alkanes of at least 4 members (excludes halogenated alkanes) is 3. The summed E-state index contributed by atoms with van der Waals surface area (Å²) < 4.78 is 0. The number of hydrogen-bond acceptors (Lipinski definition) is 2. The second-order valence-corrected chi connectivity index (χ2v) is 3.65. The summed E-state index contributed by atoms with van der Waals surface area (Å²) in [6, 6.07) is 0. The summed E-state index contributed by atoms with van der Waals surface area (Å²) in [6.07, 6.45) is 5.57. The van der Waals surface area contributed by atoms with Crippen molar-refractivity contribution in [1.29, 1.82) is 0 Å². The minimum absolute atomic E-state index is 0. The number of hydrogen-bond donors (Lipinski definition) is 1. The maximum absolute atomic E-state index is 3.37. The van der Waals surface area contributed by atoms with Crippen LogP contribution in [-0.4, -0.2) is 37.6 Å². The van der Waals surface area contributed by atoms with Crippen molar-refractivity contribution in [2.75, 3.05) is 32.7 Å². The van der Waals surface area contributed by atoms with Gasteiger partial charge in [-0.2, -0.15) is 0 Å². The molecule has 0 radical (unpaired) electrons. The number of piperazine rings is 1. The second-order valence-electron chi connectivity index (χ2n) is 3.65. The minimum atomic E-state index is 0. The van der Waals surface area contributed by atoms with Crippen LogP contribution in [0, 0.1) is 0 Å². The van der Waals surface area contributed by atoms with Gasteiger partial charge in [0, 0.05) is 26.2 Å². The number of nitrogens with zero attached hydrogens (tertiary/aromatic N) is 1. The second kappa shape index (κ2) is 8.79. The van der Waals surface area contributed by atoms with Crippen LogP contribution in [0.4, 0.5) is 0 Å². The maximum atomic E-state index is 3.37. The lowest BCUT2D eigenvalue weighted by Gasteiger charge is -2.26. The molecular weight excluding hydrogens is 184 g/mol. The molecule has 0 unspecified atom stereocenters. The third kappa shape index (κ3) is 6.30. The highest BCUT2D eigenvalue weighted by Crippen LogP contribution is 2.01. The Hall–Kier alpha value is 0.210. The van der Waals surface area contributed by atoms with Gasteiger partial charge in [-0.25, -0.2) is 0 Å². The summed E-state index contributed by atoms with van der Waals surface area (Å²) in [7, 11) is 0. The highest BCUT2D eigenvalue weighted by atomic mass is 35.5. The van der Waals surface area contributed by atoms with E-state index in [9.17, 15) is 0 Å². The van der Waals surface area contributed by atoms with Crippen LogP contribution in [0.3, 0.4) is 0 Å². The SMILES string of the molecule is CCCCCCN1CCNCC1.Cl. The Morgan fingerprint density at radius 1 is 1.08 bits per heavy atom. The topological polar surface area (TPSA) is 15.3 Å². The summed E-state index contributed by atoms with van der Waals surface area (Å²) in [4.78, 5) is 2.58. The predicted octanol–water partition coefficient (Wildman–Crippen LogP) is 1.89. The van der Waals surface area contributed by atoms with E-state index in [0.717, 1.165) is 0 Å². The van der Waals surface area contributed by atoms with Crippen LogP contribution < -0.4 is 5.32 Å². The van der Waals surface area contributed by atoms with Crippen molar-refractivity contribution in [2.24, 2.45) is 0 Å². The first-order valence-corrected chi connectivity index (χ1v) is 5.36. The predicted molar refractivity (Wildman–Crippen MR) is 60.7 cm³/mol. The molecule has 0 aromatic carbocycles. The number of halogens is 1. The minimum Gasteiger partial charge on any atom is -0.314 e. The first kappa shape index (κ1) is 13.2. The number of nitrogens with one attached hydrogen (secondary N) is 1. The van der Waals surface area contributed by atoms with Gasteiger partial charge < -0.3 is 10.2 Å². The lowest BCUT2D eigenvalue weighted by molar-refractivity contribution is 0.236. The van der Waals surface area contributed by atoms with E-state index < -0.39 is 0 Å². The molecule has 1 aliphatic rings. The van der Waals surface area contributed by atoms with Crippen molar-refractivity contribution >= 4 is 12.4 Å². The average Bonchev–Trinajstić information content (AvgIpc) is 2.14. The summed E-state index contributed by atoms with van der Waals surface area (Å²) in [5.41, 5.74) is 0. The van der Waals surface area contributed by atoms with E-state index in [0.29, 0.717) is 0 Å². The molecule has 13 heavy (non-hydrogen) atoms. The Bertz CT molecular complexity index is 103. The van der Waals surface area contributed by atoms with E-state index in [4.69, 9.17) is 0 Å². The normalized spacial score (nSPS) is 18.2. The fourth-order valence-electron chi connectivity index (χ4n) is 1.70. The van der Waals surface area contributed by atoms with Crippen LogP contribution >= 0.6 is 12.4 Å². The van der Waals surface area contributed by atoms with Crippen LogP contribution in [0.5, 0.6) is 0 Å². The largest absolute Gasteiger partial charge is 0.314 e. The van der Waals surface area contributed by atoms with Gasteiger partial charge >= 0.3 is 0 Å². The van der Waals surface area contributed by atoms with Gasteiger partial charge in [0.2, 0.25) is 0 Å². The molecule has 1 saturated heterocycles. The molecule has 1 rings (SSSR count). The molecule has 1 N–H and O–H groups in total. The molecule has 0 spiro atoms. The molecule has 0 atom stereocenters. The quantitative estimate of drug-likeness (QED) is 0.692. The zero-order valence-electron chi connectivity index (χ0n) is 8.72. The molecule has 0 amide bonds. The van der Waals surface area contributed by atoms with E-state index in [2.05, 4.69) is 17.1 Å². The summed E-state index contributed by atoms with van der Waals surface area (Å²) >= 11 is 0. The fourth-order valence-corrected chi connectivity index (χ4v) is 1.70. The maximum Gasteiger partial charge on any atom is 0.0107 e. The molecule has 0 bridgehead atoms. The van der Waals surface area contributed by atoms with Crippen molar-refractivity contribution in [2.45, 2.75) is 32.6 Å². The third-order valence-electron chi connectivity index (χ3n) is 2.54. The Morgan fingerprint density at radius 3 is 2.38 bits per heavy atom. The van der Waals surface area contributed by atoms with Crippen molar-refractivity contribution < 1.29 is 0 Å². The standard InChI is InChI=1S/C10H22N2.ClH/c1-2-3-4-5-8-12-9-6-11-7-10-12;/h11H,2-10H2,1H3;1H. The summed E-state index contributed by atoms with van der Waals surface area (Å²) in [5, 5.41) is 3.37. The van der Waals surface area contributed by atoms with Crippen LogP contribution in [0.2, 0.25) is 0 Å². The first-order chi connectivity index (χ1) is 5.93. The Labute approximate surface area is 88.5 Å². The van der Waals surface area contributed by atoms with E-state index in [-0.39, 0.29) is 12.4 Å². The molecule has 80 valence electrons. The zero-order valence-corrected chi connectivity index (χ0v) is 9.54. The molecule has 0 saturated carbocycles. The summed E-state index contributed by atoms with van der Waals surface area (Å²) in [6.45, 7) is 8.48. The van der Waals surface area contributed by atoms with Crippen molar-refractivity contribution in [3.8, 4) is 0 Å². The Kier molecular flexibility index (Phi) is 8.93. The van der Waals surface area contributed by atoms with Crippen LogP contribution in [0.15, 0.2) is 0 Å². The molecule has 0 aromatic rings. The highest BCUT2D eigenvalue weighted by Gasteiger charge is 2.07. The van der Waals surface area contributed by atoms with Gasteiger partial charge in [-0.15, -0.1) is 12.4 Å². The average molecular weight is 207 g/mol. The summed E-state index contributed by atoms with van der Waals surface area (Å²) in [5.74, 6) is 0. The van der Waals surface area contributed by atoms with Gasteiger partial charge in [0.15, 0.2) is 0 Å². The van der Waals surface area contributed by atoms with E-state index in [1.165, 1.54) is 58.4 Å². The monoisotopic (exact) mass is 206 g/mol. The van der Waals surface area contributed by atoms with E-state index >= 15 is 0 Å². The Balaban J connectivity index is 0.00000144. The molecule has 1 heterocycles. The van der Waals surface area contributed by atoms with Crippen molar-refractivity contribution in [3.63, 3.8) is 0 Å². The van der Waals surface area contributed by atoms with Gasteiger partial charge in [0.25, 0.3) is 0 Å². The lowest BCUT2D eigenvalue weighted by Crippen LogP contribution is -2.43. The molecule has 1 fully saturated rings. The first-order valence-electron chi connectivity index (χ1n) is 5.36. The van der Waals surface area contributed by atoms with Crippen LogP contribution in [0.1, 0.15) is 32.6 Å². The van der Waals surface area contributed by atoms with Gasteiger partial charge in [0.1, 0.15) is 0 Å². The smallest absolute Gasteiger partial charge is 0.0107 e. The molecule has 3 heteroatoms. The van der Waals surface area contributed by atoms with Gasteiger partial charge in [-0.1, -0.05) is 26.2 Å². The van der Waals surface area contributed by atoms with Crippen molar-refractivity contribution in [3.05, 3.63) is 0 Å². The molecule has 0 aliphatic carbocycles. The van der Waals surface area contributed by atoms with Crippen molar-refractivity contribution in [1.82, 2.24) is 10.2 Å². The van der Waals surface area contributed by atoms with E-state index in [1.807, 2.05) is 0 Å². The molecule has 1 aliphatic heterocycles. The lowest BCUT2D eigenvalue weighted by atomic mass is 10.2. The highest BCUT2D eigenvalue weighted by molar-refractivity contribution is 5.85. The third-order valence-corrected chi connectivity index (χ3v) is 2.54. The van der Waals surface area contributed by atoms with Gasteiger partial charge in [-0.05, 0) is 13.0 Å². The molecular formula is C10H23ClN2. The molecule has 0 aromatic heterocycles. The van der Waals surface area contributed by atoms with Gasteiger partial charge in [0.05, 0.1) is 0 Å². The van der Waals surface area contributed by atoms with Crippen LogP contribution in [-0.2, 0) is 0 Å². The zero-order chi connectivity index (χ0) is 8.65. The Morgan fingerprint density at radius 2 is 1.77 bits per heavy atom. The van der Waals surface area contributed by atoms with Gasteiger partial charge in [-0.3, -0.25) is 0 Å². The van der Waals surface area contributed by atoms with Crippen LogP contribution in [0.25, 0.3) is 0 Å². The number of rotatable bonds is 5. The molecule has 2 nitrogen and oxygen atoms in total. The fraction of sp³-hybridized carbons (Fsp3) is 1.00.